The van der Waals surface area contributed by atoms with E-state index in [1.807, 2.05) is 0 Å². The van der Waals surface area contributed by atoms with Crippen LogP contribution in [-0.2, 0) is 4.79 Å². The van der Waals surface area contributed by atoms with Crippen LogP contribution in [-0.4, -0.2) is 34.9 Å². The van der Waals surface area contributed by atoms with Crippen LogP contribution in [0.1, 0.15) is 13.3 Å². The third-order valence-electron chi connectivity index (χ3n) is 1.86. The van der Waals surface area contributed by atoms with Crippen LogP contribution in [0.5, 0.6) is 0 Å². The summed E-state index contributed by atoms with van der Waals surface area (Å²) in [5.74, 6) is -0.149. The minimum atomic E-state index is -0.949. The highest BCUT2D eigenvalue weighted by atomic mass is 16.3. The molecule has 4 heteroatoms. The van der Waals surface area contributed by atoms with Crippen LogP contribution >= 0.6 is 0 Å². The standard InChI is InChI=1S/C7H13NO3/c1-4(10)7(11)8-6-2-5(6)3-9/h4-6,9-10H,2-3H2,1H3,(H,8,11)/t4-,5-,6+/m0/s1. The number of aliphatic hydroxyl groups is 2. The molecular weight excluding hydrogens is 146 g/mol. The lowest BCUT2D eigenvalue weighted by atomic mass is 10.3. The van der Waals surface area contributed by atoms with E-state index in [0.717, 1.165) is 6.42 Å². The van der Waals surface area contributed by atoms with Crippen molar-refractivity contribution < 1.29 is 15.0 Å². The number of carbonyl (C=O) groups excluding carboxylic acids is 1. The number of rotatable bonds is 3. The molecule has 0 bridgehead atoms. The monoisotopic (exact) mass is 159 g/mol. The maximum absolute atomic E-state index is 10.8. The first-order valence-electron chi connectivity index (χ1n) is 3.74. The Morgan fingerprint density at radius 1 is 1.82 bits per heavy atom. The van der Waals surface area contributed by atoms with E-state index in [0.29, 0.717) is 0 Å². The van der Waals surface area contributed by atoms with Crippen molar-refractivity contribution in [1.82, 2.24) is 5.32 Å². The minimum Gasteiger partial charge on any atom is -0.396 e. The van der Waals surface area contributed by atoms with Crippen molar-refractivity contribution in [3.63, 3.8) is 0 Å². The van der Waals surface area contributed by atoms with Gasteiger partial charge in [-0.15, -0.1) is 0 Å². The van der Waals surface area contributed by atoms with Gasteiger partial charge >= 0.3 is 0 Å². The van der Waals surface area contributed by atoms with Gasteiger partial charge in [0.25, 0.3) is 0 Å². The van der Waals surface area contributed by atoms with Crippen molar-refractivity contribution in [2.24, 2.45) is 5.92 Å². The summed E-state index contributed by atoms with van der Waals surface area (Å²) >= 11 is 0. The van der Waals surface area contributed by atoms with E-state index in [9.17, 15) is 4.79 Å². The zero-order valence-electron chi connectivity index (χ0n) is 6.45. The summed E-state index contributed by atoms with van der Waals surface area (Å²) in [5.41, 5.74) is 0. The van der Waals surface area contributed by atoms with Gasteiger partial charge in [-0.25, -0.2) is 0 Å². The topological polar surface area (TPSA) is 69.6 Å². The normalized spacial score (nSPS) is 31.2. The Kier molecular flexibility index (Phi) is 2.46. The van der Waals surface area contributed by atoms with Crippen molar-refractivity contribution in [3.8, 4) is 0 Å². The molecule has 3 N–H and O–H groups in total. The van der Waals surface area contributed by atoms with Crippen LogP contribution in [0.15, 0.2) is 0 Å². The van der Waals surface area contributed by atoms with E-state index in [1.165, 1.54) is 6.92 Å². The van der Waals surface area contributed by atoms with E-state index in [-0.39, 0.29) is 24.5 Å². The van der Waals surface area contributed by atoms with E-state index < -0.39 is 6.10 Å². The molecule has 1 rings (SSSR count). The van der Waals surface area contributed by atoms with Gasteiger partial charge in [-0.3, -0.25) is 4.79 Å². The zero-order valence-corrected chi connectivity index (χ0v) is 6.45. The van der Waals surface area contributed by atoms with E-state index in [4.69, 9.17) is 10.2 Å². The molecule has 3 atom stereocenters. The lowest BCUT2D eigenvalue weighted by Crippen LogP contribution is -2.35. The molecule has 0 aromatic heterocycles. The molecule has 0 aliphatic heterocycles. The van der Waals surface area contributed by atoms with Gasteiger partial charge in [0, 0.05) is 18.6 Å². The summed E-state index contributed by atoms with van der Waals surface area (Å²) in [5, 5.41) is 20.0. The van der Waals surface area contributed by atoms with Gasteiger partial charge in [-0.1, -0.05) is 0 Å². The van der Waals surface area contributed by atoms with Crippen molar-refractivity contribution >= 4 is 5.91 Å². The molecule has 1 saturated carbocycles. The van der Waals surface area contributed by atoms with Gasteiger partial charge in [0.15, 0.2) is 0 Å². The number of hydrogen-bond donors (Lipinski definition) is 3. The summed E-state index contributed by atoms with van der Waals surface area (Å²) in [6.07, 6.45) is -0.121. The third kappa shape index (κ3) is 2.17. The maximum atomic E-state index is 10.8. The summed E-state index contributed by atoms with van der Waals surface area (Å²) in [4.78, 5) is 10.8. The van der Waals surface area contributed by atoms with Crippen molar-refractivity contribution in [1.29, 1.82) is 0 Å². The van der Waals surface area contributed by atoms with Gasteiger partial charge in [0.2, 0.25) is 5.91 Å². The number of carbonyl (C=O) groups is 1. The largest absolute Gasteiger partial charge is 0.396 e. The maximum Gasteiger partial charge on any atom is 0.248 e. The van der Waals surface area contributed by atoms with E-state index >= 15 is 0 Å². The highest BCUT2D eigenvalue weighted by molar-refractivity contribution is 5.80. The second-order valence-electron chi connectivity index (χ2n) is 2.97. The predicted molar refractivity (Wildman–Crippen MR) is 38.8 cm³/mol. The summed E-state index contributed by atoms with van der Waals surface area (Å²) in [6.45, 7) is 1.54. The molecule has 0 heterocycles. The van der Waals surface area contributed by atoms with Crippen LogP contribution in [0.25, 0.3) is 0 Å². The van der Waals surface area contributed by atoms with Crippen LogP contribution in [0, 0.1) is 5.92 Å². The average Bonchev–Trinajstić information content (AvgIpc) is 2.67. The number of aliphatic hydroxyl groups excluding tert-OH is 2. The fourth-order valence-corrected chi connectivity index (χ4v) is 0.929. The van der Waals surface area contributed by atoms with Crippen LogP contribution < -0.4 is 5.32 Å². The molecule has 0 aromatic carbocycles. The van der Waals surface area contributed by atoms with Crippen LogP contribution in [0.2, 0.25) is 0 Å². The first-order valence-corrected chi connectivity index (χ1v) is 3.74. The molecule has 0 radical (unpaired) electrons. The van der Waals surface area contributed by atoms with Crippen LogP contribution in [0.4, 0.5) is 0 Å². The van der Waals surface area contributed by atoms with Gasteiger partial charge < -0.3 is 15.5 Å². The second kappa shape index (κ2) is 3.19. The Bertz CT molecular complexity index is 158. The number of hydrogen-bond acceptors (Lipinski definition) is 3. The molecule has 1 fully saturated rings. The molecule has 1 aliphatic carbocycles. The fourth-order valence-electron chi connectivity index (χ4n) is 0.929. The summed E-state index contributed by atoms with van der Waals surface area (Å²) < 4.78 is 0. The van der Waals surface area contributed by atoms with Crippen molar-refractivity contribution in [2.45, 2.75) is 25.5 Å². The second-order valence-corrected chi connectivity index (χ2v) is 2.97. The highest BCUT2D eigenvalue weighted by Crippen LogP contribution is 2.29. The number of nitrogens with one attached hydrogen (secondary N) is 1. The molecule has 1 aliphatic rings. The van der Waals surface area contributed by atoms with Gasteiger partial charge in [0.1, 0.15) is 6.10 Å². The molecule has 0 unspecified atom stereocenters. The van der Waals surface area contributed by atoms with Gasteiger partial charge in [-0.05, 0) is 13.3 Å². The Balaban J connectivity index is 2.18. The third-order valence-corrected chi connectivity index (χ3v) is 1.86. The fraction of sp³-hybridized carbons (Fsp3) is 0.857. The summed E-state index contributed by atoms with van der Waals surface area (Å²) in [6, 6.07) is 0.0853. The first-order chi connectivity index (χ1) is 5.15. The Labute approximate surface area is 65.2 Å². The predicted octanol–water partition coefficient (Wildman–Crippen LogP) is -1.14. The molecule has 0 aromatic rings. The summed E-state index contributed by atoms with van der Waals surface area (Å²) in [7, 11) is 0. The lowest BCUT2D eigenvalue weighted by Gasteiger charge is -2.04. The quantitative estimate of drug-likeness (QED) is 0.487. The smallest absolute Gasteiger partial charge is 0.248 e. The molecule has 11 heavy (non-hydrogen) atoms. The minimum absolute atomic E-state index is 0.0853. The van der Waals surface area contributed by atoms with Crippen molar-refractivity contribution in [2.75, 3.05) is 6.61 Å². The van der Waals surface area contributed by atoms with Crippen LogP contribution in [0.3, 0.4) is 0 Å². The lowest BCUT2D eigenvalue weighted by molar-refractivity contribution is -0.128. The Hall–Kier alpha value is -0.610. The van der Waals surface area contributed by atoms with E-state index in [2.05, 4.69) is 5.32 Å². The molecule has 0 saturated heterocycles. The van der Waals surface area contributed by atoms with Gasteiger partial charge in [-0.2, -0.15) is 0 Å². The zero-order chi connectivity index (χ0) is 8.43. The van der Waals surface area contributed by atoms with E-state index in [1.54, 1.807) is 0 Å². The molecule has 1 amide bonds. The number of amides is 1. The SMILES string of the molecule is C[C@H](O)C(=O)N[C@@H]1C[C@H]1CO. The Morgan fingerprint density at radius 3 is 2.82 bits per heavy atom. The molecule has 4 nitrogen and oxygen atoms in total. The average molecular weight is 159 g/mol. The highest BCUT2D eigenvalue weighted by Gasteiger charge is 2.37. The van der Waals surface area contributed by atoms with Crippen molar-refractivity contribution in [3.05, 3.63) is 0 Å². The molecule has 0 spiro atoms. The molecular formula is C7H13NO3. The Morgan fingerprint density at radius 2 is 2.45 bits per heavy atom. The molecule has 64 valence electrons. The van der Waals surface area contributed by atoms with Gasteiger partial charge in [0.05, 0.1) is 0 Å². The first kappa shape index (κ1) is 8.49.